The number of imide groups is 1. The van der Waals surface area contributed by atoms with Crippen molar-refractivity contribution in [2.75, 3.05) is 19.6 Å². The fraction of sp³-hybridized carbons (Fsp3) is 0.733. The molecule has 1 heterocycles. The second kappa shape index (κ2) is 5.95. The van der Waals surface area contributed by atoms with Gasteiger partial charge in [-0.15, -0.1) is 0 Å². The van der Waals surface area contributed by atoms with Gasteiger partial charge in [0.1, 0.15) is 5.54 Å². The molecule has 2 N–H and O–H groups in total. The van der Waals surface area contributed by atoms with E-state index in [4.69, 9.17) is 0 Å². The van der Waals surface area contributed by atoms with Crippen LogP contribution in [0, 0.1) is 5.92 Å². The average Bonchev–Trinajstić information content (AvgIpc) is 2.65. The number of hydrogen-bond acceptors (Lipinski definition) is 3. The summed E-state index contributed by atoms with van der Waals surface area (Å²) in [6.07, 6.45) is 3.51. The first-order valence-electron chi connectivity index (χ1n) is 7.50. The zero-order valence-electron chi connectivity index (χ0n) is 12.5. The van der Waals surface area contributed by atoms with Crippen molar-refractivity contribution in [2.45, 2.75) is 45.1 Å². The van der Waals surface area contributed by atoms with Crippen LogP contribution in [0.25, 0.3) is 0 Å². The van der Waals surface area contributed by atoms with E-state index >= 15 is 0 Å². The first kappa shape index (κ1) is 15.0. The summed E-state index contributed by atoms with van der Waals surface area (Å²) in [7, 11) is 0. The van der Waals surface area contributed by atoms with Gasteiger partial charge in [-0.05, 0) is 43.7 Å². The third-order valence-corrected chi connectivity index (χ3v) is 4.38. The fourth-order valence-corrected chi connectivity index (χ4v) is 2.99. The molecule has 1 aliphatic carbocycles. The van der Waals surface area contributed by atoms with E-state index in [1.165, 1.54) is 4.90 Å². The predicted octanol–water partition coefficient (Wildman–Crippen LogP) is 1.65. The smallest absolute Gasteiger partial charge is 0.323 e. The molecule has 2 aliphatic rings. The highest BCUT2D eigenvalue weighted by molar-refractivity contribution is 6.07. The Morgan fingerprint density at radius 1 is 1.45 bits per heavy atom. The molecule has 1 aliphatic heterocycles. The molecule has 0 unspecified atom stereocenters. The van der Waals surface area contributed by atoms with Gasteiger partial charge in [0.05, 0.1) is 6.54 Å². The quantitative estimate of drug-likeness (QED) is 0.594. The van der Waals surface area contributed by atoms with Crippen molar-refractivity contribution in [3.8, 4) is 0 Å². The van der Waals surface area contributed by atoms with Gasteiger partial charge >= 0.3 is 6.03 Å². The van der Waals surface area contributed by atoms with Gasteiger partial charge in [-0.3, -0.25) is 9.69 Å². The number of hydrogen-bond donors (Lipinski definition) is 2. The van der Waals surface area contributed by atoms with Crippen LogP contribution in [-0.4, -0.2) is 42.0 Å². The van der Waals surface area contributed by atoms with Gasteiger partial charge in [0.25, 0.3) is 5.91 Å². The maximum absolute atomic E-state index is 12.6. The Labute approximate surface area is 120 Å². The second-order valence-electron chi connectivity index (χ2n) is 6.12. The SMILES string of the molecule is C=C(CNCC)CN1C(=O)NC2(CCC(C)CC2)C1=O. The van der Waals surface area contributed by atoms with Crippen LogP contribution in [0.1, 0.15) is 39.5 Å². The highest BCUT2D eigenvalue weighted by atomic mass is 16.2. The van der Waals surface area contributed by atoms with Crippen LogP contribution in [0.2, 0.25) is 0 Å². The number of nitrogens with zero attached hydrogens (tertiary/aromatic N) is 1. The maximum Gasteiger partial charge on any atom is 0.325 e. The summed E-state index contributed by atoms with van der Waals surface area (Å²) in [5.41, 5.74) is 0.221. The Hall–Kier alpha value is -1.36. The van der Waals surface area contributed by atoms with E-state index in [-0.39, 0.29) is 11.9 Å². The van der Waals surface area contributed by atoms with Gasteiger partial charge in [-0.2, -0.15) is 0 Å². The van der Waals surface area contributed by atoms with Crippen LogP contribution in [0.15, 0.2) is 12.2 Å². The Morgan fingerprint density at radius 3 is 2.70 bits per heavy atom. The predicted molar refractivity (Wildman–Crippen MR) is 78.3 cm³/mol. The highest BCUT2D eigenvalue weighted by Gasteiger charge is 2.51. The normalized spacial score (nSPS) is 29.9. The Morgan fingerprint density at radius 2 is 2.10 bits per heavy atom. The molecular formula is C15H25N3O2. The number of amides is 3. The van der Waals surface area contributed by atoms with Crippen molar-refractivity contribution >= 4 is 11.9 Å². The number of likely N-dealkylation sites (N-methyl/N-ethyl adjacent to an activating group) is 1. The number of urea groups is 1. The third kappa shape index (κ3) is 2.87. The molecule has 0 aromatic carbocycles. The molecule has 5 heteroatoms. The largest absolute Gasteiger partial charge is 0.325 e. The van der Waals surface area contributed by atoms with Crippen molar-refractivity contribution in [2.24, 2.45) is 5.92 Å². The molecule has 112 valence electrons. The molecule has 1 saturated carbocycles. The molecule has 0 aromatic heterocycles. The van der Waals surface area contributed by atoms with Crippen LogP contribution in [0.4, 0.5) is 4.79 Å². The molecule has 0 bridgehead atoms. The summed E-state index contributed by atoms with van der Waals surface area (Å²) in [6, 6.07) is -0.262. The van der Waals surface area contributed by atoms with Gasteiger partial charge in [0, 0.05) is 6.54 Å². The molecule has 1 saturated heterocycles. The minimum atomic E-state index is -0.637. The number of carbonyl (C=O) groups is 2. The lowest BCUT2D eigenvalue weighted by atomic mass is 9.77. The fourth-order valence-electron chi connectivity index (χ4n) is 2.99. The zero-order chi connectivity index (χ0) is 14.8. The van der Waals surface area contributed by atoms with Crippen molar-refractivity contribution < 1.29 is 9.59 Å². The zero-order valence-corrected chi connectivity index (χ0v) is 12.5. The van der Waals surface area contributed by atoms with Gasteiger partial charge in [0.15, 0.2) is 0 Å². The maximum atomic E-state index is 12.6. The Balaban J connectivity index is 2.00. The van der Waals surface area contributed by atoms with Crippen LogP contribution in [-0.2, 0) is 4.79 Å². The van der Waals surface area contributed by atoms with Gasteiger partial charge in [-0.25, -0.2) is 4.79 Å². The van der Waals surface area contributed by atoms with Gasteiger partial charge < -0.3 is 10.6 Å². The van der Waals surface area contributed by atoms with E-state index in [0.717, 1.165) is 37.8 Å². The topological polar surface area (TPSA) is 61.4 Å². The van der Waals surface area contributed by atoms with E-state index in [9.17, 15) is 9.59 Å². The summed E-state index contributed by atoms with van der Waals surface area (Å²) in [5.74, 6) is 0.579. The third-order valence-electron chi connectivity index (χ3n) is 4.38. The van der Waals surface area contributed by atoms with E-state index in [1.54, 1.807) is 0 Å². The average molecular weight is 279 g/mol. The molecule has 0 atom stereocenters. The monoisotopic (exact) mass is 279 g/mol. The molecule has 0 aromatic rings. The molecule has 20 heavy (non-hydrogen) atoms. The summed E-state index contributed by atoms with van der Waals surface area (Å²) in [6.45, 7) is 9.94. The molecule has 0 radical (unpaired) electrons. The Kier molecular flexibility index (Phi) is 4.48. The van der Waals surface area contributed by atoms with E-state index in [1.807, 2.05) is 6.92 Å². The Bertz CT molecular complexity index is 411. The lowest BCUT2D eigenvalue weighted by molar-refractivity contribution is -0.132. The van der Waals surface area contributed by atoms with Crippen LogP contribution in [0.5, 0.6) is 0 Å². The van der Waals surface area contributed by atoms with Crippen molar-refractivity contribution in [3.05, 3.63) is 12.2 Å². The lowest BCUT2D eigenvalue weighted by Crippen LogP contribution is -2.49. The van der Waals surface area contributed by atoms with Crippen LogP contribution in [0.3, 0.4) is 0 Å². The highest BCUT2D eigenvalue weighted by Crippen LogP contribution is 2.36. The van der Waals surface area contributed by atoms with E-state index in [2.05, 4.69) is 24.1 Å². The van der Waals surface area contributed by atoms with Crippen molar-refractivity contribution in [3.63, 3.8) is 0 Å². The minimum Gasteiger partial charge on any atom is -0.323 e. The van der Waals surface area contributed by atoms with Gasteiger partial charge in [0.2, 0.25) is 0 Å². The second-order valence-corrected chi connectivity index (χ2v) is 6.12. The molecule has 3 amide bonds. The van der Waals surface area contributed by atoms with Crippen molar-refractivity contribution in [1.82, 2.24) is 15.5 Å². The molecular weight excluding hydrogens is 254 g/mol. The summed E-state index contributed by atoms with van der Waals surface area (Å²) < 4.78 is 0. The molecule has 2 rings (SSSR count). The van der Waals surface area contributed by atoms with E-state index < -0.39 is 5.54 Å². The summed E-state index contributed by atoms with van der Waals surface area (Å²) in [4.78, 5) is 26.0. The summed E-state index contributed by atoms with van der Waals surface area (Å²) in [5, 5.41) is 6.09. The van der Waals surface area contributed by atoms with Gasteiger partial charge in [-0.1, -0.05) is 20.4 Å². The summed E-state index contributed by atoms with van der Waals surface area (Å²) >= 11 is 0. The first-order chi connectivity index (χ1) is 9.48. The lowest BCUT2D eigenvalue weighted by Gasteiger charge is -2.33. The number of rotatable bonds is 5. The van der Waals surface area contributed by atoms with Crippen molar-refractivity contribution in [1.29, 1.82) is 0 Å². The van der Waals surface area contributed by atoms with E-state index in [0.29, 0.717) is 19.0 Å². The number of nitrogens with one attached hydrogen (secondary N) is 2. The number of carbonyl (C=O) groups excluding carboxylic acids is 2. The molecule has 2 fully saturated rings. The first-order valence-corrected chi connectivity index (χ1v) is 7.50. The van der Waals surface area contributed by atoms with Crippen LogP contribution < -0.4 is 10.6 Å². The minimum absolute atomic E-state index is 0.0629. The standard InChI is InChI=1S/C15H25N3O2/c1-4-16-9-12(3)10-18-13(19)15(17-14(18)20)7-5-11(2)6-8-15/h11,16H,3-10H2,1-2H3,(H,17,20). The molecule has 1 spiro atoms. The molecule has 5 nitrogen and oxygen atoms in total. The van der Waals surface area contributed by atoms with Crippen LogP contribution >= 0.6 is 0 Å².